The number of benzene rings is 2. The molecule has 1 aliphatic rings. The lowest BCUT2D eigenvalue weighted by molar-refractivity contribution is -0.385. The van der Waals surface area contributed by atoms with Gasteiger partial charge in [0, 0.05) is 6.08 Å². The maximum atomic E-state index is 12.0. The molecule has 0 spiro atoms. The van der Waals surface area contributed by atoms with Crippen LogP contribution in [0.25, 0.3) is 6.08 Å². The molecule has 25 heavy (non-hydrogen) atoms. The summed E-state index contributed by atoms with van der Waals surface area (Å²) in [7, 11) is 0. The van der Waals surface area contributed by atoms with Crippen molar-refractivity contribution >= 4 is 23.4 Å². The molecule has 0 atom stereocenters. The number of ether oxygens (including phenoxy) is 2. The first-order chi connectivity index (χ1) is 11.9. The number of nitrogens with zero attached hydrogens (tertiary/aromatic N) is 1. The van der Waals surface area contributed by atoms with E-state index in [1.54, 1.807) is 12.1 Å². The van der Waals surface area contributed by atoms with Gasteiger partial charge < -0.3 is 19.9 Å². The topological polar surface area (TPSA) is 111 Å². The summed E-state index contributed by atoms with van der Waals surface area (Å²) in [4.78, 5) is 22.6. The number of phenols is 1. The molecule has 0 aromatic heterocycles. The molecule has 1 aliphatic heterocycles. The van der Waals surface area contributed by atoms with Crippen molar-refractivity contribution in [2.24, 2.45) is 0 Å². The van der Waals surface area contributed by atoms with Gasteiger partial charge in [0.05, 0.1) is 22.2 Å². The summed E-state index contributed by atoms with van der Waals surface area (Å²) in [5.74, 6) is 0.0710. The van der Waals surface area contributed by atoms with Crippen molar-refractivity contribution in [3.63, 3.8) is 0 Å². The Bertz CT molecular complexity index is 891. The molecule has 0 fully saturated rings. The second-order valence-corrected chi connectivity index (χ2v) is 5.36. The van der Waals surface area contributed by atoms with Crippen LogP contribution in [0, 0.1) is 17.0 Å². The lowest BCUT2D eigenvalue weighted by Gasteiger charge is -2.06. The van der Waals surface area contributed by atoms with Crippen molar-refractivity contribution in [2.45, 2.75) is 6.92 Å². The van der Waals surface area contributed by atoms with Crippen molar-refractivity contribution in [2.75, 3.05) is 12.1 Å². The van der Waals surface area contributed by atoms with E-state index in [-0.39, 0.29) is 35.2 Å². The fraction of sp³-hybridized carbons (Fsp3) is 0.118. The minimum absolute atomic E-state index is 0.00710. The summed E-state index contributed by atoms with van der Waals surface area (Å²) in [6.07, 6.45) is 2.45. The number of nitro groups is 1. The summed E-state index contributed by atoms with van der Waals surface area (Å²) in [5.41, 5.74) is 1.10. The van der Waals surface area contributed by atoms with Gasteiger partial charge in [0.2, 0.25) is 12.7 Å². The molecular formula is C17H14N2O6. The highest BCUT2D eigenvalue weighted by Gasteiger charge is 2.22. The molecule has 0 radical (unpaired) electrons. The van der Waals surface area contributed by atoms with E-state index in [4.69, 9.17) is 9.47 Å². The molecule has 0 aliphatic carbocycles. The number of fused-ring (bicyclic) bond motifs is 1. The van der Waals surface area contributed by atoms with Crippen molar-refractivity contribution in [1.82, 2.24) is 0 Å². The van der Waals surface area contributed by atoms with Crippen LogP contribution in [0.3, 0.4) is 0 Å². The molecule has 0 saturated carbocycles. The number of aromatic hydroxyl groups is 1. The fourth-order valence-electron chi connectivity index (χ4n) is 2.33. The molecule has 1 heterocycles. The van der Waals surface area contributed by atoms with Crippen LogP contribution in [0.5, 0.6) is 17.2 Å². The quantitative estimate of drug-likeness (QED) is 0.382. The summed E-state index contributed by atoms with van der Waals surface area (Å²) in [6, 6.07) is 7.52. The number of amides is 1. The van der Waals surface area contributed by atoms with Crippen LogP contribution < -0.4 is 14.8 Å². The first-order valence-corrected chi connectivity index (χ1v) is 7.31. The monoisotopic (exact) mass is 342 g/mol. The lowest BCUT2D eigenvalue weighted by Crippen LogP contribution is -2.08. The highest BCUT2D eigenvalue weighted by Crippen LogP contribution is 2.38. The van der Waals surface area contributed by atoms with E-state index in [9.17, 15) is 20.0 Å². The Balaban J connectivity index is 1.81. The summed E-state index contributed by atoms with van der Waals surface area (Å²) in [6.45, 7) is 1.80. The van der Waals surface area contributed by atoms with Gasteiger partial charge in [-0.1, -0.05) is 6.07 Å². The number of rotatable bonds is 4. The van der Waals surface area contributed by atoms with Crippen LogP contribution in [0.15, 0.2) is 36.4 Å². The third kappa shape index (κ3) is 3.52. The molecule has 8 nitrogen and oxygen atoms in total. The van der Waals surface area contributed by atoms with Crippen molar-refractivity contribution < 1.29 is 24.3 Å². The van der Waals surface area contributed by atoms with Gasteiger partial charge in [-0.3, -0.25) is 14.9 Å². The second kappa shape index (κ2) is 6.52. The molecule has 128 valence electrons. The number of hydrogen-bond donors (Lipinski definition) is 2. The second-order valence-electron chi connectivity index (χ2n) is 5.36. The van der Waals surface area contributed by atoms with Gasteiger partial charge in [0.15, 0.2) is 11.5 Å². The smallest absolute Gasteiger partial charge is 0.280 e. The van der Waals surface area contributed by atoms with E-state index in [1.807, 2.05) is 6.92 Å². The molecule has 8 heteroatoms. The van der Waals surface area contributed by atoms with Gasteiger partial charge in [-0.05, 0) is 36.8 Å². The lowest BCUT2D eigenvalue weighted by atomic mass is 10.1. The van der Waals surface area contributed by atoms with Gasteiger partial charge in [-0.25, -0.2) is 0 Å². The van der Waals surface area contributed by atoms with Crippen LogP contribution in [-0.2, 0) is 4.79 Å². The van der Waals surface area contributed by atoms with Gasteiger partial charge >= 0.3 is 0 Å². The SMILES string of the molecule is Cc1ccc(NC(=O)/C=C/c2cc3c(cc2[N+](=O)[O-])OCO3)c(O)c1. The highest BCUT2D eigenvalue weighted by molar-refractivity contribution is 6.03. The standard InChI is InChI=1S/C17H14N2O6/c1-10-2-4-12(14(20)6-10)18-17(21)5-3-11-7-15-16(25-9-24-15)8-13(11)19(22)23/h2-8,20H,9H2,1H3,(H,18,21)/b5-3+. The highest BCUT2D eigenvalue weighted by atomic mass is 16.7. The molecule has 0 unspecified atom stereocenters. The maximum absolute atomic E-state index is 12.0. The largest absolute Gasteiger partial charge is 0.506 e. The summed E-state index contributed by atoms with van der Waals surface area (Å²) in [5, 5.41) is 23.5. The van der Waals surface area contributed by atoms with Crippen molar-refractivity contribution in [3.8, 4) is 17.2 Å². The van der Waals surface area contributed by atoms with Gasteiger partial charge in [-0.2, -0.15) is 0 Å². The number of hydrogen-bond acceptors (Lipinski definition) is 6. The number of phenolic OH excluding ortho intramolecular Hbond substituents is 1. The van der Waals surface area contributed by atoms with Crippen LogP contribution in [0.1, 0.15) is 11.1 Å². The van der Waals surface area contributed by atoms with Crippen LogP contribution in [0.4, 0.5) is 11.4 Å². The third-order valence-corrected chi connectivity index (χ3v) is 3.54. The molecule has 3 rings (SSSR count). The predicted molar refractivity (Wildman–Crippen MR) is 89.7 cm³/mol. The Morgan fingerprint density at radius 1 is 1.28 bits per heavy atom. The van der Waals surface area contributed by atoms with Crippen LogP contribution in [0.2, 0.25) is 0 Å². The molecular weight excluding hydrogens is 328 g/mol. The van der Waals surface area contributed by atoms with Crippen molar-refractivity contribution in [3.05, 3.63) is 57.6 Å². The van der Waals surface area contributed by atoms with E-state index in [0.29, 0.717) is 5.75 Å². The zero-order valence-electron chi connectivity index (χ0n) is 13.2. The Morgan fingerprint density at radius 3 is 2.68 bits per heavy atom. The van der Waals surface area contributed by atoms with E-state index in [1.165, 1.54) is 24.3 Å². The molecule has 2 aromatic rings. The van der Waals surface area contributed by atoms with E-state index in [2.05, 4.69) is 5.32 Å². The average Bonchev–Trinajstić information content (AvgIpc) is 3.02. The zero-order chi connectivity index (χ0) is 18.0. The average molecular weight is 342 g/mol. The van der Waals surface area contributed by atoms with E-state index < -0.39 is 10.8 Å². The first kappa shape index (κ1) is 16.3. The zero-order valence-corrected chi connectivity index (χ0v) is 13.2. The Morgan fingerprint density at radius 2 is 2.00 bits per heavy atom. The van der Waals surface area contributed by atoms with Gasteiger partial charge in [0.25, 0.3) is 5.69 Å². The number of nitro benzene ring substituents is 1. The molecule has 2 aromatic carbocycles. The minimum atomic E-state index is -0.564. The Hall–Kier alpha value is -3.55. The van der Waals surface area contributed by atoms with Crippen LogP contribution in [-0.4, -0.2) is 22.7 Å². The summed E-state index contributed by atoms with van der Waals surface area (Å²) >= 11 is 0. The van der Waals surface area contributed by atoms with Crippen molar-refractivity contribution in [1.29, 1.82) is 0 Å². The molecule has 0 bridgehead atoms. The first-order valence-electron chi connectivity index (χ1n) is 7.31. The third-order valence-electron chi connectivity index (χ3n) is 3.54. The predicted octanol–water partition coefficient (Wildman–Crippen LogP) is 2.99. The van der Waals surface area contributed by atoms with Gasteiger partial charge in [0.1, 0.15) is 5.75 Å². The number of carbonyl (C=O) groups excluding carboxylic acids is 1. The molecule has 0 saturated heterocycles. The Kier molecular flexibility index (Phi) is 4.25. The number of carbonyl (C=O) groups is 1. The normalized spacial score (nSPS) is 12.4. The molecule has 1 amide bonds. The molecule has 2 N–H and O–H groups in total. The summed E-state index contributed by atoms with van der Waals surface area (Å²) < 4.78 is 10.3. The number of nitrogens with one attached hydrogen (secondary N) is 1. The fourth-order valence-corrected chi connectivity index (χ4v) is 2.33. The van der Waals surface area contributed by atoms with E-state index >= 15 is 0 Å². The van der Waals surface area contributed by atoms with Crippen LogP contribution >= 0.6 is 0 Å². The van der Waals surface area contributed by atoms with Gasteiger partial charge in [-0.15, -0.1) is 0 Å². The number of aryl methyl sites for hydroxylation is 1. The minimum Gasteiger partial charge on any atom is -0.506 e. The maximum Gasteiger partial charge on any atom is 0.280 e. The Labute approximate surface area is 142 Å². The van der Waals surface area contributed by atoms with E-state index in [0.717, 1.165) is 11.6 Å². The number of anilines is 1.